The summed E-state index contributed by atoms with van der Waals surface area (Å²) in [7, 11) is 0. The van der Waals surface area contributed by atoms with Crippen LogP contribution in [0.1, 0.15) is 53.3 Å². The van der Waals surface area contributed by atoms with E-state index in [1.807, 2.05) is 30.3 Å². The van der Waals surface area contributed by atoms with E-state index in [-0.39, 0.29) is 22.8 Å². The molecule has 0 N–H and O–H groups in total. The van der Waals surface area contributed by atoms with Crippen LogP contribution in [0.15, 0.2) is 75.7 Å². The van der Waals surface area contributed by atoms with Crippen molar-refractivity contribution in [1.29, 1.82) is 0 Å². The van der Waals surface area contributed by atoms with Gasteiger partial charge in [0, 0.05) is 5.56 Å². The van der Waals surface area contributed by atoms with Gasteiger partial charge in [-0.25, -0.2) is 9.79 Å². The summed E-state index contributed by atoms with van der Waals surface area (Å²) in [6, 6.07) is 16.2. The lowest BCUT2D eigenvalue weighted by Gasteiger charge is -2.25. The Bertz CT molecular complexity index is 1880. The Hall–Kier alpha value is -3.65. The van der Waals surface area contributed by atoms with Gasteiger partial charge in [-0.2, -0.15) is 0 Å². The fourth-order valence-electron chi connectivity index (χ4n) is 5.22. The van der Waals surface area contributed by atoms with E-state index < -0.39 is 12.0 Å². The lowest BCUT2D eigenvalue weighted by molar-refractivity contribution is -0.139. The molecule has 2 heterocycles. The molecule has 0 aliphatic carbocycles. The first kappa shape index (κ1) is 29.8. The normalized spacial score (nSPS) is 14.9. The number of ether oxygens (including phenoxy) is 2. The van der Waals surface area contributed by atoms with Crippen LogP contribution in [0, 0.1) is 20.8 Å². The van der Waals surface area contributed by atoms with Gasteiger partial charge >= 0.3 is 5.97 Å². The van der Waals surface area contributed by atoms with Gasteiger partial charge in [-0.3, -0.25) is 9.36 Å². The van der Waals surface area contributed by atoms with Crippen molar-refractivity contribution in [2.45, 2.75) is 47.3 Å². The van der Waals surface area contributed by atoms with E-state index in [2.05, 4.69) is 37.9 Å². The maximum atomic E-state index is 13.9. The van der Waals surface area contributed by atoms with Crippen molar-refractivity contribution in [3.05, 3.63) is 129 Å². The molecule has 0 bridgehead atoms. The summed E-state index contributed by atoms with van der Waals surface area (Å²) < 4.78 is 13.4. The Morgan fingerprint density at radius 3 is 2.40 bits per heavy atom. The Morgan fingerprint density at radius 1 is 1.05 bits per heavy atom. The molecular formula is C33H30Cl2N2O4S. The van der Waals surface area contributed by atoms with Crippen molar-refractivity contribution in [2.24, 2.45) is 4.99 Å². The van der Waals surface area contributed by atoms with Gasteiger partial charge in [-0.1, -0.05) is 76.5 Å². The van der Waals surface area contributed by atoms with Gasteiger partial charge in [0.2, 0.25) is 0 Å². The fourth-order valence-corrected chi connectivity index (χ4v) is 6.68. The zero-order valence-corrected chi connectivity index (χ0v) is 26.3. The van der Waals surface area contributed by atoms with Gasteiger partial charge in [0.1, 0.15) is 18.4 Å². The molecule has 0 radical (unpaired) electrons. The second kappa shape index (κ2) is 12.3. The van der Waals surface area contributed by atoms with Crippen molar-refractivity contribution < 1.29 is 14.3 Å². The summed E-state index contributed by atoms with van der Waals surface area (Å²) in [6.45, 7) is 10.4. The molecule has 1 atom stereocenters. The van der Waals surface area contributed by atoms with E-state index in [0.29, 0.717) is 32.2 Å². The second-order valence-electron chi connectivity index (χ2n) is 10.2. The molecule has 4 aromatic rings. The van der Waals surface area contributed by atoms with Crippen molar-refractivity contribution in [3.63, 3.8) is 0 Å². The topological polar surface area (TPSA) is 69.9 Å². The molecule has 0 fully saturated rings. The number of aromatic nitrogens is 1. The zero-order chi connectivity index (χ0) is 30.1. The molecule has 0 spiro atoms. The lowest BCUT2D eigenvalue weighted by Crippen LogP contribution is -2.40. The third-order valence-electron chi connectivity index (χ3n) is 7.19. The summed E-state index contributed by atoms with van der Waals surface area (Å²) in [5, 5.41) is 0.589. The Balaban J connectivity index is 1.51. The Kier molecular flexibility index (Phi) is 8.73. The van der Waals surface area contributed by atoms with Crippen LogP contribution in [0.5, 0.6) is 5.75 Å². The smallest absolute Gasteiger partial charge is 0.338 e. The van der Waals surface area contributed by atoms with Gasteiger partial charge in [-0.05, 0) is 81.1 Å². The number of esters is 1. The van der Waals surface area contributed by atoms with E-state index >= 15 is 0 Å². The average Bonchev–Trinajstić information content (AvgIpc) is 3.24. The van der Waals surface area contributed by atoms with Gasteiger partial charge in [0.05, 0.1) is 32.5 Å². The molecule has 0 unspecified atom stereocenters. The third kappa shape index (κ3) is 5.82. The zero-order valence-electron chi connectivity index (χ0n) is 24.0. The minimum absolute atomic E-state index is 0.181. The minimum atomic E-state index is -0.835. The van der Waals surface area contributed by atoms with Crippen molar-refractivity contribution in [2.75, 3.05) is 6.61 Å². The molecule has 9 heteroatoms. The minimum Gasteiger partial charge on any atom is -0.489 e. The predicted molar refractivity (Wildman–Crippen MR) is 168 cm³/mol. The molecule has 1 aromatic heterocycles. The van der Waals surface area contributed by atoms with Crippen LogP contribution in [0.4, 0.5) is 0 Å². The maximum Gasteiger partial charge on any atom is 0.338 e. The van der Waals surface area contributed by atoms with Crippen LogP contribution in [-0.4, -0.2) is 17.1 Å². The third-order valence-corrected chi connectivity index (χ3v) is 9.01. The van der Waals surface area contributed by atoms with Crippen molar-refractivity contribution in [1.82, 2.24) is 4.57 Å². The van der Waals surface area contributed by atoms with Crippen molar-refractivity contribution >= 4 is 46.6 Å². The van der Waals surface area contributed by atoms with Crippen LogP contribution < -0.4 is 19.6 Å². The van der Waals surface area contributed by atoms with E-state index in [9.17, 15) is 9.59 Å². The van der Waals surface area contributed by atoms with E-state index in [1.165, 1.54) is 38.2 Å². The molecule has 3 aromatic carbocycles. The van der Waals surface area contributed by atoms with Crippen LogP contribution in [0.2, 0.25) is 10.0 Å². The van der Waals surface area contributed by atoms with Crippen LogP contribution in [0.3, 0.4) is 0 Å². The number of rotatable bonds is 7. The van der Waals surface area contributed by atoms with Crippen LogP contribution in [-0.2, 0) is 16.1 Å². The number of fused-ring (bicyclic) bond motifs is 1. The molecule has 216 valence electrons. The number of hydrogen-bond donors (Lipinski definition) is 0. The molecule has 0 saturated heterocycles. The first-order valence-electron chi connectivity index (χ1n) is 13.5. The number of halogens is 2. The van der Waals surface area contributed by atoms with Crippen molar-refractivity contribution in [3.8, 4) is 5.75 Å². The van der Waals surface area contributed by atoms with E-state index in [1.54, 1.807) is 32.0 Å². The molecule has 42 heavy (non-hydrogen) atoms. The standard InChI is InChI=1S/C33H30Cl2N2O4S/c1-6-40-32(39)28-21(5)36-33-37(30(28)24-8-7-9-26(34)29(24)35)31(38)27(42-33)16-22-10-12-23(13-11-22)41-17-25-19(3)14-18(2)15-20(25)4/h7-16,30H,6,17H2,1-5H3/b27-16-/t30-/m1/s1. The van der Waals surface area contributed by atoms with Gasteiger partial charge in [0.15, 0.2) is 4.80 Å². The number of thiazole rings is 1. The molecule has 5 rings (SSSR count). The highest BCUT2D eigenvalue weighted by molar-refractivity contribution is 7.07. The number of benzene rings is 3. The molecule has 0 saturated carbocycles. The lowest BCUT2D eigenvalue weighted by atomic mass is 9.96. The highest BCUT2D eigenvalue weighted by Gasteiger charge is 2.34. The highest BCUT2D eigenvalue weighted by atomic mass is 35.5. The molecule has 6 nitrogen and oxygen atoms in total. The number of aryl methyl sites for hydroxylation is 3. The Morgan fingerprint density at radius 2 is 1.74 bits per heavy atom. The average molecular weight is 622 g/mol. The van der Waals surface area contributed by atoms with Crippen LogP contribution in [0.25, 0.3) is 6.08 Å². The maximum absolute atomic E-state index is 13.9. The summed E-state index contributed by atoms with van der Waals surface area (Å²) in [6.07, 6.45) is 1.81. The quantitative estimate of drug-likeness (QED) is 0.218. The highest BCUT2D eigenvalue weighted by Crippen LogP contribution is 2.37. The molecule has 1 aliphatic rings. The summed E-state index contributed by atoms with van der Waals surface area (Å²) in [5.41, 5.74) is 6.60. The summed E-state index contributed by atoms with van der Waals surface area (Å²) in [5.74, 6) is 0.180. The van der Waals surface area contributed by atoms with Gasteiger partial charge < -0.3 is 9.47 Å². The van der Waals surface area contributed by atoms with Gasteiger partial charge in [-0.15, -0.1) is 0 Å². The van der Waals surface area contributed by atoms with Crippen LogP contribution >= 0.6 is 34.5 Å². The summed E-state index contributed by atoms with van der Waals surface area (Å²) >= 11 is 14.2. The number of carbonyl (C=O) groups excluding carboxylic acids is 1. The van der Waals surface area contributed by atoms with E-state index in [0.717, 1.165) is 11.3 Å². The summed E-state index contributed by atoms with van der Waals surface area (Å²) in [4.78, 5) is 32.0. The number of hydrogen-bond acceptors (Lipinski definition) is 6. The Labute approximate surface area is 258 Å². The predicted octanol–water partition coefficient (Wildman–Crippen LogP) is 6.61. The SMILES string of the molecule is CCOC(=O)C1=C(C)N=c2s/c(=C\c3ccc(OCc4c(C)cc(C)cc4C)cc3)c(=O)n2[C@@H]1c1cccc(Cl)c1Cl. The first-order valence-corrected chi connectivity index (χ1v) is 15.1. The van der Waals surface area contributed by atoms with Gasteiger partial charge in [0.25, 0.3) is 5.56 Å². The number of carbonyl (C=O) groups is 1. The molecular weight excluding hydrogens is 591 g/mol. The monoisotopic (exact) mass is 620 g/mol. The molecule has 0 amide bonds. The first-order chi connectivity index (χ1) is 20.1. The fraction of sp³-hybridized carbons (Fsp3) is 0.242. The number of allylic oxidation sites excluding steroid dienone is 1. The second-order valence-corrected chi connectivity index (χ2v) is 12.0. The number of nitrogens with zero attached hydrogens (tertiary/aromatic N) is 2. The van der Waals surface area contributed by atoms with E-state index in [4.69, 9.17) is 32.7 Å². The largest absolute Gasteiger partial charge is 0.489 e. The molecule has 1 aliphatic heterocycles.